The number of nitrogens with one attached hydrogen (secondary N) is 1. The van der Waals surface area contributed by atoms with Crippen molar-refractivity contribution in [3.05, 3.63) is 62.0 Å². The van der Waals surface area contributed by atoms with Crippen LogP contribution in [0.25, 0.3) is 0 Å². The first-order chi connectivity index (χ1) is 13.0. The first kappa shape index (κ1) is 19.0. The molecule has 2 aromatic rings. The SMILES string of the molecule is [NH3+][C@H]1CCCC[C@@H]1N=Cc1c(O)n(CCc2ccc(F)cc2)c(=O)[nH]c1=O. The largest absolute Gasteiger partial charge is 0.494 e. The van der Waals surface area contributed by atoms with Gasteiger partial charge in [0.1, 0.15) is 23.5 Å². The molecule has 144 valence electrons. The molecule has 8 heteroatoms. The molecule has 7 nitrogen and oxygen atoms in total. The first-order valence-corrected chi connectivity index (χ1v) is 9.12. The predicted octanol–water partition coefficient (Wildman–Crippen LogP) is 0.596. The molecule has 2 atom stereocenters. The number of hydrogen-bond acceptors (Lipinski definition) is 4. The van der Waals surface area contributed by atoms with Gasteiger partial charge in [0.15, 0.2) is 0 Å². The maximum Gasteiger partial charge on any atom is 0.331 e. The molecule has 0 unspecified atom stereocenters. The molecular weight excluding hydrogens is 351 g/mol. The molecule has 3 rings (SSSR count). The van der Waals surface area contributed by atoms with Gasteiger partial charge >= 0.3 is 5.69 Å². The second kappa shape index (κ2) is 8.30. The number of aryl methyl sites for hydroxylation is 1. The summed E-state index contributed by atoms with van der Waals surface area (Å²) < 4.78 is 14.1. The van der Waals surface area contributed by atoms with Crippen LogP contribution in [0.3, 0.4) is 0 Å². The number of hydrogen-bond donors (Lipinski definition) is 3. The van der Waals surface area contributed by atoms with E-state index in [0.717, 1.165) is 35.8 Å². The van der Waals surface area contributed by atoms with Gasteiger partial charge in [-0.15, -0.1) is 0 Å². The molecule has 0 bridgehead atoms. The van der Waals surface area contributed by atoms with E-state index in [1.807, 2.05) is 0 Å². The van der Waals surface area contributed by atoms with E-state index in [0.29, 0.717) is 6.42 Å². The van der Waals surface area contributed by atoms with Crippen molar-refractivity contribution >= 4 is 6.21 Å². The molecule has 1 saturated carbocycles. The fraction of sp³-hybridized carbons (Fsp3) is 0.421. The molecule has 27 heavy (non-hydrogen) atoms. The standard InChI is InChI=1S/C19H23FN4O3/c20-13-7-5-12(6-8-13)9-10-24-18(26)14(17(25)23-19(24)27)11-22-16-4-2-1-3-15(16)21/h5-8,11,15-16,26H,1-4,9-10,21H2,(H,23,25,27)/p+1/t15-,16-/m0/s1. The summed E-state index contributed by atoms with van der Waals surface area (Å²) in [5.74, 6) is -0.751. The highest BCUT2D eigenvalue weighted by Crippen LogP contribution is 2.19. The minimum atomic E-state index is -0.690. The van der Waals surface area contributed by atoms with E-state index in [4.69, 9.17) is 0 Å². The zero-order valence-electron chi connectivity index (χ0n) is 15.0. The summed E-state index contributed by atoms with van der Waals surface area (Å²) in [5.41, 5.74) is 3.51. The van der Waals surface area contributed by atoms with Crippen LogP contribution in [-0.4, -0.2) is 33.0 Å². The van der Waals surface area contributed by atoms with E-state index in [9.17, 15) is 19.1 Å². The van der Waals surface area contributed by atoms with Gasteiger partial charge in [-0.2, -0.15) is 0 Å². The van der Waals surface area contributed by atoms with Crippen molar-refractivity contribution in [1.82, 2.24) is 9.55 Å². The maximum atomic E-state index is 13.0. The lowest BCUT2D eigenvalue weighted by Gasteiger charge is -2.22. The smallest absolute Gasteiger partial charge is 0.331 e. The van der Waals surface area contributed by atoms with Crippen LogP contribution in [0.4, 0.5) is 4.39 Å². The molecular formula is C19H24FN4O3+. The summed E-state index contributed by atoms with van der Waals surface area (Å²) in [7, 11) is 0. The fourth-order valence-corrected chi connectivity index (χ4v) is 3.35. The lowest BCUT2D eigenvalue weighted by molar-refractivity contribution is -0.428. The maximum absolute atomic E-state index is 13.0. The van der Waals surface area contributed by atoms with Crippen molar-refractivity contribution in [2.45, 2.75) is 50.7 Å². The molecule has 5 N–H and O–H groups in total. The number of aromatic nitrogens is 2. The number of H-pyrrole nitrogens is 1. The first-order valence-electron chi connectivity index (χ1n) is 9.12. The zero-order valence-corrected chi connectivity index (χ0v) is 15.0. The molecule has 1 heterocycles. The third-order valence-electron chi connectivity index (χ3n) is 5.01. The predicted molar refractivity (Wildman–Crippen MR) is 99.6 cm³/mol. The van der Waals surface area contributed by atoms with E-state index in [1.54, 1.807) is 12.1 Å². The van der Waals surface area contributed by atoms with Crippen molar-refractivity contribution in [1.29, 1.82) is 0 Å². The minimum absolute atomic E-state index is 0.0112. The molecule has 1 aliphatic carbocycles. The number of benzene rings is 1. The third kappa shape index (κ3) is 4.51. The Morgan fingerprint density at radius 2 is 1.96 bits per heavy atom. The second-order valence-corrected chi connectivity index (χ2v) is 6.91. The molecule has 0 radical (unpaired) electrons. The van der Waals surface area contributed by atoms with E-state index in [2.05, 4.69) is 15.7 Å². The van der Waals surface area contributed by atoms with Crippen molar-refractivity contribution in [2.24, 2.45) is 4.99 Å². The minimum Gasteiger partial charge on any atom is -0.494 e. The van der Waals surface area contributed by atoms with Gasteiger partial charge in [-0.3, -0.25) is 19.3 Å². The van der Waals surface area contributed by atoms with Gasteiger partial charge in [0, 0.05) is 19.2 Å². The molecule has 0 spiro atoms. The Bertz CT molecular complexity index is 933. The van der Waals surface area contributed by atoms with Crippen molar-refractivity contribution in [2.75, 3.05) is 0 Å². The molecule has 1 aromatic carbocycles. The number of aromatic amines is 1. The molecule has 0 amide bonds. The summed E-state index contributed by atoms with van der Waals surface area (Å²) in [6, 6.07) is 6.09. The summed E-state index contributed by atoms with van der Waals surface area (Å²) in [5, 5.41) is 10.4. The van der Waals surface area contributed by atoms with Crippen LogP contribution < -0.4 is 17.0 Å². The Balaban J connectivity index is 1.83. The monoisotopic (exact) mass is 375 g/mol. The molecule has 1 fully saturated rings. The third-order valence-corrected chi connectivity index (χ3v) is 5.01. The number of halogens is 1. The van der Waals surface area contributed by atoms with Gasteiger partial charge in [-0.05, 0) is 37.0 Å². The van der Waals surface area contributed by atoms with Crippen molar-refractivity contribution in [3.8, 4) is 5.88 Å². The van der Waals surface area contributed by atoms with E-state index >= 15 is 0 Å². The molecule has 1 aromatic heterocycles. The van der Waals surface area contributed by atoms with E-state index < -0.39 is 17.1 Å². The number of quaternary nitrogens is 1. The van der Waals surface area contributed by atoms with Gasteiger partial charge in [-0.1, -0.05) is 18.6 Å². The van der Waals surface area contributed by atoms with Gasteiger partial charge in [0.05, 0.1) is 0 Å². The Hall–Kier alpha value is -2.74. The van der Waals surface area contributed by atoms with E-state index in [-0.39, 0.29) is 30.0 Å². The highest BCUT2D eigenvalue weighted by molar-refractivity contribution is 5.82. The Kier molecular flexibility index (Phi) is 5.85. The summed E-state index contributed by atoms with van der Waals surface area (Å²) >= 11 is 0. The highest BCUT2D eigenvalue weighted by Gasteiger charge is 2.24. The van der Waals surface area contributed by atoms with Gasteiger partial charge in [0.2, 0.25) is 5.88 Å². The summed E-state index contributed by atoms with van der Waals surface area (Å²) in [6.07, 6.45) is 5.82. The molecule has 1 aliphatic rings. The van der Waals surface area contributed by atoms with Crippen LogP contribution >= 0.6 is 0 Å². The van der Waals surface area contributed by atoms with Crippen molar-refractivity contribution in [3.63, 3.8) is 0 Å². The van der Waals surface area contributed by atoms with E-state index in [1.165, 1.54) is 18.3 Å². The average Bonchev–Trinajstić information content (AvgIpc) is 2.64. The quantitative estimate of drug-likeness (QED) is 0.665. The summed E-state index contributed by atoms with van der Waals surface area (Å²) in [4.78, 5) is 30.8. The van der Waals surface area contributed by atoms with Gasteiger partial charge < -0.3 is 10.8 Å². The van der Waals surface area contributed by atoms with Crippen LogP contribution in [-0.2, 0) is 13.0 Å². The summed E-state index contributed by atoms with van der Waals surface area (Å²) in [6.45, 7) is 0.148. The van der Waals surface area contributed by atoms with Crippen LogP contribution in [0.1, 0.15) is 36.8 Å². The topological polar surface area (TPSA) is 115 Å². The van der Waals surface area contributed by atoms with Crippen LogP contribution in [0, 0.1) is 5.82 Å². The highest BCUT2D eigenvalue weighted by atomic mass is 19.1. The lowest BCUT2D eigenvalue weighted by atomic mass is 9.91. The van der Waals surface area contributed by atoms with Crippen molar-refractivity contribution < 1.29 is 15.2 Å². The average molecular weight is 375 g/mol. The number of aliphatic imine (C=N–C) groups is 1. The van der Waals surface area contributed by atoms with Crippen LogP contribution in [0.5, 0.6) is 5.88 Å². The second-order valence-electron chi connectivity index (χ2n) is 6.91. The number of aromatic hydroxyl groups is 1. The Morgan fingerprint density at radius 3 is 2.67 bits per heavy atom. The number of nitrogens with zero attached hydrogens (tertiary/aromatic N) is 2. The van der Waals surface area contributed by atoms with Crippen LogP contribution in [0.2, 0.25) is 0 Å². The zero-order chi connectivity index (χ0) is 19.4. The van der Waals surface area contributed by atoms with Gasteiger partial charge in [-0.25, -0.2) is 9.18 Å². The fourth-order valence-electron chi connectivity index (χ4n) is 3.35. The Morgan fingerprint density at radius 1 is 1.26 bits per heavy atom. The Labute approximate surface area is 155 Å². The lowest BCUT2D eigenvalue weighted by Crippen LogP contribution is -2.66. The molecule has 0 saturated heterocycles. The number of rotatable bonds is 5. The van der Waals surface area contributed by atoms with Gasteiger partial charge in [0.25, 0.3) is 5.56 Å². The normalized spacial score (nSPS) is 20.2. The molecule has 0 aliphatic heterocycles. The van der Waals surface area contributed by atoms with Crippen LogP contribution in [0.15, 0.2) is 38.8 Å².